The van der Waals surface area contributed by atoms with E-state index < -0.39 is 0 Å². The molecule has 0 saturated heterocycles. The first-order chi connectivity index (χ1) is 8.75. The Morgan fingerprint density at radius 1 is 1.17 bits per heavy atom. The molecule has 1 aromatic heterocycles. The summed E-state index contributed by atoms with van der Waals surface area (Å²) in [6.07, 6.45) is 3.93. The number of benzene rings is 1. The SMILES string of the molecule is Cc1ccccc1SCC(=O)Cc1ccncc1. The fraction of sp³-hybridized carbons (Fsp3) is 0.200. The predicted molar refractivity (Wildman–Crippen MR) is 74.9 cm³/mol. The number of thioether (sulfide) groups is 1. The smallest absolute Gasteiger partial charge is 0.147 e. The van der Waals surface area contributed by atoms with E-state index in [1.807, 2.05) is 24.3 Å². The molecule has 0 bridgehead atoms. The van der Waals surface area contributed by atoms with Crippen molar-refractivity contribution in [2.75, 3.05) is 5.75 Å². The third kappa shape index (κ3) is 3.70. The Bertz CT molecular complexity index is 525. The van der Waals surface area contributed by atoms with Gasteiger partial charge < -0.3 is 0 Å². The van der Waals surface area contributed by atoms with Crippen LogP contribution >= 0.6 is 11.8 Å². The molecule has 92 valence electrons. The first-order valence-corrected chi connectivity index (χ1v) is 6.83. The van der Waals surface area contributed by atoms with Gasteiger partial charge in [-0.2, -0.15) is 0 Å². The Morgan fingerprint density at radius 2 is 1.89 bits per heavy atom. The minimum Gasteiger partial charge on any atom is -0.298 e. The van der Waals surface area contributed by atoms with E-state index in [1.165, 1.54) is 10.5 Å². The molecule has 0 fully saturated rings. The van der Waals surface area contributed by atoms with Gasteiger partial charge in [-0.25, -0.2) is 0 Å². The van der Waals surface area contributed by atoms with Gasteiger partial charge in [0.1, 0.15) is 5.78 Å². The fourth-order valence-corrected chi connectivity index (χ4v) is 2.55. The molecule has 0 saturated carbocycles. The van der Waals surface area contributed by atoms with Gasteiger partial charge in [0, 0.05) is 23.7 Å². The molecule has 0 aliphatic heterocycles. The number of ketones is 1. The normalized spacial score (nSPS) is 10.3. The summed E-state index contributed by atoms with van der Waals surface area (Å²) < 4.78 is 0. The van der Waals surface area contributed by atoms with E-state index in [0.717, 1.165) is 5.56 Å². The Kier molecular flexibility index (Phi) is 4.53. The van der Waals surface area contributed by atoms with Gasteiger partial charge in [-0.15, -0.1) is 11.8 Å². The van der Waals surface area contributed by atoms with Crippen molar-refractivity contribution in [3.05, 3.63) is 59.9 Å². The largest absolute Gasteiger partial charge is 0.298 e. The highest BCUT2D eigenvalue weighted by atomic mass is 32.2. The highest BCUT2D eigenvalue weighted by Gasteiger charge is 2.05. The average Bonchev–Trinajstić information content (AvgIpc) is 2.39. The maximum atomic E-state index is 11.9. The molecule has 0 aliphatic carbocycles. The molecule has 0 aliphatic rings. The van der Waals surface area contributed by atoms with Crippen LogP contribution in [-0.2, 0) is 11.2 Å². The topological polar surface area (TPSA) is 30.0 Å². The van der Waals surface area contributed by atoms with Crippen LogP contribution in [0.15, 0.2) is 53.7 Å². The van der Waals surface area contributed by atoms with Crippen LogP contribution in [0.4, 0.5) is 0 Å². The molecule has 18 heavy (non-hydrogen) atoms. The van der Waals surface area contributed by atoms with Crippen molar-refractivity contribution in [3.63, 3.8) is 0 Å². The quantitative estimate of drug-likeness (QED) is 0.770. The summed E-state index contributed by atoms with van der Waals surface area (Å²) in [4.78, 5) is 17.0. The summed E-state index contributed by atoms with van der Waals surface area (Å²) in [6.45, 7) is 2.07. The lowest BCUT2D eigenvalue weighted by Crippen LogP contribution is -2.05. The van der Waals surface area contributed by atoms with Crippen molar-refractivity contribution in [2.24, 2.45) is 0 Å². The first kappa shape index (κ1) is 12.8. The van der Waals surface area contributed by atoms with Gasteiger partial charge in [0.05, 0.1) is 5.75 Å². The van der Waals surface area contributed by atoms with Crippen LogP contribution < -0.4 is 0 Å². The first-order valence-electron chi connectivity index (χ1n) is 5.85. The van der Waals surface area contributed by atoms with Crippen LogP contribution in [-0.4, -0.2) is 16.5 Å². The van der Waals surface area contributed by atoms with E-state index in [-0.39, 0.29) is 5.78 Å². The highest BCUT2D eigenvalue weighted by molar-refractivity contribution is 8.00. The number of aromatic nitrogens is 1. The van der Waals surface area contributed by atoms with Crippen molar-refractivity contribution < 1.29 is 4.79 Å². The monoisotopic (exact) mass is 257 g/mol. The summed E-state index contributed by atoms with van der Waals surface area (Å²) in [5, 5.41) is 0. The summed E-state index contributed by atoms with van der Waals surface area (Å²) in [5.41, 5.74) is 2.25. The van der Waals surface area contributed by atoms with E-state index in [0.29, 0.717) is 12.2 Å². The van der Waals surface area contributed by atoms with E-state index in [2.05, 4.69) is 24.0 Å². The molecule has 0 amide bonds. The van der Waals surface area contributed by atoms with Gasteiger partial charge in [0.15, 0.2) is 0 Å². The molecule has 1 aromatic carbocycles. The Balaban J connectivity index is 1.88. The molecular weight excluding hydrogens is 242 g/mol. The number of nitrogens with zero attached hydrogens (tertiary/aromatic N) is 1. The van der Waals surface area contributed by atoms with Crippen LogP contribution in [0, 0.1) is 6.92 Å². The van der Waals surface area contributed by atoms with Crippen molar-refractivity contribution in [1.29, 1.82) is 0 Å². The zero-order valence-corrected chi connectivity index (χ0v) is 11.1. The van der Waals surface area contributed by atoms with E-state index in [1.54, 1.807) is 24.2 Å². The molecule has 1 heterocycles. The lowest BCUT2D eigenvalue weighted by Gasteiger charge is -2.04. The third-order valence-corrected chi connectivity index (χ3v) is 3.87. The average molecular weight is 257 g/mol. The second-order valence-electron chi connectivity index (χ2n) is 4.13. The summed E-state index contributed by atoms with van der Waals surface area (Å²) in [7, 11) is 0. The predicted octanol–water partition coefficient (Wildman–Crippen LogP) is 3.29. The number of carbonyl (C=O) groups excluding carboxylic acids is 1. The Labute approximate surface area is 111 Å². The van der Waals surface area contributed by atoms with E-state index >= 15 is 0 Å². The minimum absolute atomic E-state index is 0.245. The summed E-state index contributed by atoms with van der Waals surface area (Å²) >= 11 is 1.61. The zero-order valence-electron chi connectivity index (χ0n) is 10.3. The molecule has 0 atom stereocenters. The van der Waals surface area contributed by atoms with Crippen LogP contribution in [0.3, 0.4) is 0 Å². The van der Waals surface area contributed by atoms with Crippen LogP contribution in [0.5, 0.6) is 0 Å². The second kappa shape index (κ2) is 6.36. The Morgan fingerprint density at radius 3 is 2.61 bits per heavy atom. The molecule has 2 nitrogen and oxygen atoms in total. The number of aryl methyl sites for hydroxylation is 1. The van der Waals surface area contributed by atoms with Gasteiger partial charge in [-0.1, -0.05) is 18.2 Å². The van der Waals surface area contributed by atoms with Crippen molar-refractivity contribution >= 4 is 17.5 Å². The summed E-state index contributed by atoms with van der Waals surface area (Å²) in [5.74, 6) is 0.766. The van der Waals surface area contributed by atoms with Crippen LogP contribution in [0.1, 0.15) is 11.1 Å². The number of Topliss-reactive ketones (excluding diaryl/α,β-unsaturated/α-hetero) is 1. The molecule has 0 unspecified atom stereocenters. The van der Waals surface area contributed by atoms with Gasteiger partial charge >= 0.3 is 0 Å². The molecule has 0 spiro atoms. The standard InChI is InChI=1S/C15H15NOS/c1-12-4-2-3-5-15(12)18-11-14(17)10-13-6-8-16-9-7-13/h2-9H,10-11H2,1H3. The fourth-order valence-electron chi connectivity index (χ4n) is 1.66. The van der Waals surface area contributed by atoms with Crippen molar-refractivity contribution in [2.45, 2.75) is 18.2 Å². The van der Waals surface area contributed by atoms with Crippen molar-refractivity contribution in [1.82, 2.24) is 4.98 Å². The second-order valence-corrected chi connectivity index (χ2v) is 5.14. The van der Waals surface area contributed by atoms with Crippen LogP contribution in [0.25, 0.3) is 0 Å². The van der Waals surface area contributed by atoms with E-state index in [4.69, 9.17) is 0 Å². The zero-order chi connectivity index (χ0) is 12.8. The third-order valence-electron chi connectivity index (χ3n) is 2.63. The summed E-state index contributed by atoms with van der Waals surface area (Å²) in [6, 6.07) is 11.9. The number of hydrogen-bond donors (Lipinski definition) is 0. The van der Waals surface area contributed by atoms with Gasteiger partial charge in [0.25, 0.3) is 0 Å². The molecule has 0 N–H and O–H groups in total. The highest BCUT2D eigenvalue weighted by Crippen LogP contribution is 2.21. The van der Waals surface area contributed by atoms with Gasteiger partial charge in [0.2, 0.25) is 0 Å². The van der Waals surface area contributed by atoms with Crippen LogP contribution in [0.2, 0.25) is 0 Å². The van der Waals surface area contributed by atoms with Crippen molar-refractivity contribution in [3.8, 4) is 0 Å². The maximum Gasteiger partial charge on any atom is 0.147 e. The number of carbonyl (C=O) groups is 1. The molecule has 3 heteroatoms. The number of pyridine rings is 1. The number of rotatable bonds is 5. The van der Waals surface area contributed by atoms with E-state index in [9.17, 15) is 4.79 Å². The number of hydrogen-bond acceptors (Lipinski definition) is 3. The maximum absolute atomic E-state index is 11.9. The van der Waals surface area contributed by atoms with Gasteiger partial charge in [-0.3, -0.25) is 9.78 Å². The minimum atomic E-state index is 0.245. The molecular formula is C15H15NOS. The molecule has 2 aromatic rings. The van der Waals surface area contributed by atoms with Gasteiger partial charge in [-0.05, 0) is 36.2 Å². The molecule has 0 radical (unpaired) electrons. The lowest BCUT2D eigenvalue weighted by molar-refractivity contribution is -0.116. The lowest BCUT2D eigenvalue weighted by atomic mass is 10.1. The molecule has 2 rings (SSSR count). The Hall–Kier alpha value is -1.61.